The van der Waals surface area contributed by atoms with Gasteiger partial charge in [0.2, 0.25) is 0 Å². The molecule has 0 atom stereocenters. The van der Waals surface area contributed by atoms with Gasteiger partial charge in [-0.1, -0.05) is 48.5 Å². The smallest absolute Gasteiger partial charge is 0.127 e. The van der Waals surface area contributed by atoms with E-state index in [0.29, 0.717) is 18.7 Å². The van der Waals surface area contributed by atoms with Gasteiger partial charge in [-0.05, 0) is 12.5 Å². The van der Waals surface area contributed by atoms with E-state index in [9.17, 15) is 4.39 Å². The van der Waals surface area contributed by atoms with E-state index >= 15 is 0 Å². The van der Waals surface area contributed by atoms with Crippen molar-refractivity contribution in [2.75, 3.05) is 6.54 Å². The summed E-state index contributed by atoms with van der Waals surface area (Å²) in [5, 5.41) is 11.4. The summed E-state index contributed by atoms with van der Waals surface area (Å²) in [6, 6.07) is 16.9. The number of benzene rings is 2. The maximum Gasteiger partial charge on any atom is 0.127 e. The summed E-state index contributed by atoms with van der Waals surface area (Å²) >= 11 is 0. The Morgan fingerprint density at radius 1 is 0.966 bits per heavy atom. The van der Waals surface area contributed by atoms with Crippen molar-refractivity contribution in [1.29, 1.82) is 0 Å². The molecule has 2 aromatic heterocycles. The summed E-state index contributed by atoms with van der Waals surface area (Å²) in [5.41, 5.74) is 3.38. The first-order valence-electron chi connectivity index (χ1n) is 9.66. The van der Waals surface area contributed by atoms with E-state index in [4.69, 9.17) is 0 Å². The topological polar surface area (TPSA) is 62.6 Å². The molecule has 0 amide bonds. The normalized spacial score (nSPS) is 11.2. The van der Waals surface area contributed by atoms with E-state index in [1.165, 1.54) is 6.07 Å². The van der Waals surface area contributed by atoms with E-state index in [0.717, 1.165) is 36.5 Å². The Kier molecular flexibility index (Phi) is 6.07. The van der Waals surface area contributed by atoms with E-state index in [-0.39, 0.29) is 5.82 Å². The zero-order valence-corrected chi connectivity index (χ0v) is 16.1. The average Bonchev–Trinajstić information content (AvgIpc) is 3.42. The van der Waals surface area contributed by atoms with Crippen LogP contribution in [0, 0.1) is 5.82 Å². The van der Waals surface area contributed by atoms with Gasteiger partial charge in [0.15, 0.2) is 0 Å². The first-order chi connectivity index (χ1) is 14.3. The predicted molar refractivity (Wildman–Crippen MR) is 109 cm³/mol. The first-order valence-corrected chi connectivity index (χ1v) is 9.66. The maximum absolute atomic E-state index is 14.2. The third-order valence-corrected chi connectivity index (χ3v) is 4.84. The highest BCUT2D eigenvalue weighted by Gasteiger charge is 2.16. The van der Waals surface area contributed by atoms with Crippen LogP contribution >= 0.6 is 0 Å². The summed E-state index contributed by atoms with van der Waals surface area (Å²) in [5.74, 6) is -0.185. The third-order valence-electron chi connectivity index (χ3n) is 4.84. The molecule has 0 aliphatic rings. The van der Waals surface area contributed by atoms with Gasteiger partial charge in [-0.25, -0.2) is 9.37 Å². The Labute approximate surface area is 169 Å². The van der Waals surface area contributed by atoms with Crippen LogP contribution in [0.5, 0.6) is 0 Å². The van der Waals surface area contributed by atoms with Crippen molar-refractivity contribution in [2.45, 2.75) is 26.1 Å². The molecule has 2 aromatic carbocycles. The standard InChI is InChI=1S/C22H23FN6/c23-20-10-5-4-9-19(20)15-29(13-6-12-28-14-11-24-17-28)16-21-22(26-27-25-21)18-7-2-1-3-8-18/h1-5,7-11,14,17H,6,12-13,15-16H2,(H,25,26,27). The van der Waals surface area contributed by atoms with Gasteiger partial charge in [-0.2, -0.15) is 15.4 Å². The maximum atomic E-state index is 14.2. The number of H-pyrrole nitrogens is 1. The minimum absolute atomic E-state index is 0.185. The van der Waals surface area contributed by atoms with Crippen molar-refractivity contribution in [3.05, 3.63) is 90.4 Å². The molecule has 1 N–H and O–H groups in total. The fourth-order valence-electron chi connectivity index (χ4n) is 3.38. The highest BCUT2D eigenvalue weighted by Crippen LogP contribution is 2.21. The summed E-state index contributed by atoms with van der Waals surface area (Å²) < 4.78 is 16.3. The Hall–Kier alpha value is -3.32. The Morgan fingerprint density at radius 3 is 2.59 bits per heavy atom. The van der Waals surface area contributed by atoms with Crippen molar-refractivity contribution in [3.8, 4) is 11.3 Å². The molecular formula is C22H23FN6. The summed E-state index contributed by atoms with van der Waals surface area (Å²) in [6.45, 7) is 2.75. The van der Waals surface area contributed by atoms with E-state index in [1.807, 2.05) is 59.6 Å². The van der Waals surface area contributed by atoms with Crippen LogP contribution in [-0.2, 0) is 19.6 Å². The number of aryl methyl sites for hydroxylation is 1. The van der Waals surface area contributed by atoms with E-state index in [1.54, 1.807) is 12.3 Å². The molecule has 0 fully saturated rings. The van der Waals surface area contributed by atoms with Gasteiger partial charge in [0.05, 0.1) is 6.33 Å². The summed E-state index contributed by atoms with van der Waals surface area (Å²) in [4.78, 5) is 6.29. The van der Waals surface area contributed by atoms with Gasteiger partial charge in [0.1, 0.15) is 17.2 Å². The second-order valence-corrected chi connectivity index (χ2v) is 6.94. The monoisotopic (exact) mass is 390 g/mol. The minimum atomic E-state index is -0.185. The largest absolute Gasteiger partial charge is 0.337 e. The molecule has 4 rings (SSSR count). The van der Waals surface area contributed by atoms with Crippen LogP contribution < -0.4 is 0 Å². The molecule has 0 aliphatic heterocycles. The van der Waals surface area contributed by atoms with Gasteiger partial charge in [-0.15, -0.1) is 0 Å². The zero-order valence-electron chi connectivity index (χ0n) is 16.1. The molecule has 6 nitrogen and oxygen atoms in total. The molecule has 0 spiro atoms. The highest BCUT2D eigenvalue weighted by molar-refractivity contribution is 5.60. The predicted octanol–water partition coefficient (Wildman–Crippen LogP) is 3.90. The number of rotatable bonds is 9. The molecule has 2 heterocycles. The second-order valence-electron chi connectivity index (χ2n) is 6.94. The van der Waals surface area contributed by atoms with Crippen LogP contribution in [-0.4, -0.2) is 36.4 Å². The summed E-state index contributed by atoms with van der Waals surface area (Å²) in [7, 11) is 0. The van der Waals surface area contributed by atoms with E-state index in [2.05, 4.69) is 25.3 Å². The van der Waals surface area contributed by atoms with E-state index < -0.39 is 0 Å². The third kappa shape index (κ3) is 4.94. The second kappa shape index (κ2) is 9.25. The average molecular weight is 390 g/mol. The van der Waals surface area contributed by atoms with Crippen molar-refractivity contribution < 1.29 is 4.39 Å². The van der Waals surface area contributed by atoms with Crippen LogP contribution in [0.4, 0.5) is 4.39 Å². The number of aromatic amines is 1. The Morgan fingerprint density at radius 2 is 1.79 bits per heavy atom. The molecular weight excluding hydrogens is 367 g/mol. The van der Waals surface area contributed by atoms with Crippen LogP contribution in [0.1, 0.15) is 17.7 Å². The van der Waals surface area contributed by atoms with Crippen LogP contribution in [0.25, 0.3) is 11.3 Å². The van der Waals surface area contributed by atoms with Gasteiger partial charge in [-0.3, -0.25) is 4.90 Å². The minimum Gasteiger partial charge on any atom is -0.337 e. The number of halogens is 1. The lowest BCUT2D eigenvalue weighted by molar-refractivity contribution is 0.242. The van der Waals surface area contributed by atoms with Crippen molar-refractivity contribution in [2.24, 2.45) is 0 Å². The molecule has 0 saturated heterocycles. The number of nitrogens with zero attached hydrogens (tertiary/aromatic N) is 5. The highest BCUT2D eigenvalue weighted by atomic mass is 19.1. The molecule has 0 aliphatic carbocycles. The Bertz CT molecular complexity index is 1010. The number of hydrogen-bond donors (Lipinski definition) is 1. The van der Waals surface area contributed by atoms with Crippen LogP contribution in [0.2, 0.25) is 0 Å². The van der Waals surface area contributed by atoms with Crippen LogP contribution in [0.15, 0.2) is 73.3 Å². The van der Waals surface area contributed by atoms with Crippen LogP contribution in [0.3, 0.4) is 0 Å². The van der Waals surface area contributed by atoms with Crippen molar-refractivity contribution in [3.63, 3.8) is 0 Å². The molecule has 0 unspecified atom stereocenters. The molecule has 148 valence electrons. The lowest BCUT2D eigenvalue weighted by Gasteiger charge is -2.22. The first kappa shape index (κ1) is 19.0. The van der Waals surface area contributed by atoms with Crippen molar-refractivity contribution >= 4 is 0 Å². The lowest BCUT2D eigenvalue weighted by Crippen LogP contribution is -2.26. The lowest BCUT2D eigenvalue weighted by atomic mass is 10.1. The number of nitrogens with one attached hydrogen (secondary N) is 1. The zero-order chi connectivity index (χ0) is 19.9. The van der Waals surface area contributed by atoms with Gasteiger partial charge < -0.3 is 4.57 Å². The SMILES string of the molecule is Fc1ccccc1CN(CCCn1ccnc1)Cc1n[nH]nc1-c1ccccc1. The van der Waals surface area contributed by atoms with Crippen molar-refractivity contribution in [1.82, 2.24) is 29.9 Å². The number of hydrogen-bond acceptors (Lipinski definition) is 4. The number of imidazole rings is 1. The fraction of sp³-hybridized carbons (Fsp3) is 0.227. The molecule has 29 heavy (non-hydrogen) atoms. The Balaban J connectivity index is 1.50. The van der Waals surface area contributed by atoms with Gasteiger partial charge >= 0.3 is 0 Å². The van der Waals surface area contributed by atoms with Gasteiger partial charge in [0.25, 0.3) is 0 Å². The molecule has 0 bridgehead atoms. The molecule has 7 heteroatoms. The number of aromatic nitrogens is 5. The quantitative estimate of drug-likeness (QED) is 0.471. The molecule has 0 radical (unpaired) electrons. The fourth-order valence-corrected chi connectivity index (χ4v) is 3.38. The summed E-state index contributed by atoms with van der Waals surface area (Å²) in [6.07, 6.45) is 6.46. The molecule has 0 saturated carbocycles. The van der Waals surface area contributed by atoms with Gasteiger partial charge in [0, 0.05) is 49.7 Å². The molecule has 4 aromatic rings.